The molecule has 0 aliphatic carbocycles. The average Bonchev–Trinajstić information content (AvgIpc) is 3.70. The number of hydrogen-bond donors (Lipinski definition) is 0. The molecular formula is C45H25N5. The van der Waals surface area contributed by atoms with E-state index in [9.17, 15) is 10.5 Å². The Morgan fingerprint density at radius 1 is 0.500 bits per heavy atom. The van der Waals surface area contributed by atoms with Gasteiger partial charge in [0.25, 0.3) is 0 Å². The van der Waals surface area contributed by atoms with Crippen LogP contribution in [0.3, 0.4) is 0 Å². The Kier molecular flexibility index (Phi) is 6.56. The van der Waals surface area contributed by atoms with E-state index in [2.05, 4.69) is 123 Å². The normalized spacial score (nSPS) is 11.1. The second-order valence-corrected chi connectivity index (χ2v) is 12.3. The van der Waals surface area contributed by atoms with Crippen molar-refractivity contribution < 1.29 is 0 Å². The van der Waals surface area contributed by atoms with Crippen molar-refractivity contribution in [2.45, 2.75) is 0 Å². The molecule has 0 amide bonds. The van der Waals surface area contributed by atoms with Crippen LogP contribution in [0.25, 0.3) is 82.1 Å². The monoisotopic (exact) mass is 635 g/mol. The van der Waals surface area contributed by atoms with Crippen LogP contribution in [0.4, 0.5) is 5.69 Å². The van der Waals surface area contributed by atoms with Gasteiger partial charge in [-0.3, -0.25) is 0 Å². The first-order valence-electron chi connectivity index (χ1n) is 16.3. The number of fused-ring (bicyclic) bond motifs is 6. The lowest BCUT2D eigenvalue weighted by Gasteiger charge is -2.17. The Balaban J connectivity index is 1.20. The van der Waals surface area contributed by atoms with Gasteiger partial charge in [-0.25, -0.2) is 4.85 Å². The van der Waals surface area contributed by atoms with E-state index in [1.807, 2.05) is 48.5 Å². The Morgan fingerprint density at radius 2 is 1.16 bits per heavy atom. The maximum atomic E-state index is 10.4. The highest BCUT2D eigenvalue weighted by Crippen LogP contribution is 2.42. The minimum Gasteiger partial charge on any atom is -0.318 e. The lowest BCUT2D eigenvalue weighted by Crippen LogP contribution is -1.99. The van der Waals surface area contributed by atoms with E-state index in [-0.39, 0.29) is 0 Å². The van der Waals surface area contributed by atoms with Crippen LogP contribution in [0.1, 0.15) is 11.1 Å². The second kappa shape index (κ2) is 11.4. The first-order valence-corrected chi connectivity index (χ1v) is 16.3. The van der Waals surface area contributed by atoms with Gasteiger partial charge in [-0.05, 0) is 76.7 Å². The zero-order valence-electron chi connectivity index (χ0n) is 26.7. The molecule has 2 heterocycles. The highest BCUT2D eigenvalue weighted by atomic mass is 15.0. The average molecular weight is 636 g/mol. The molecule has 0 fully saturated rings. The van der Waals surface area contributed by atoms with Crippen molar-refractivity contribution in [3.8, 4) is 45.8 Å². The molecule has 7 aromatic carbocycles. The van der Waals surface area contributed by atoms with Gasteiger partial charge < -0.3 is 9.13 Å². The van der Waals surface area contributed by atoms with Crippen LogP contribution in [-0.4, -0.2) is 9.13 Å². The molecule has 5 nitrogen and oxygen atoms in total. The number of para-hydroxylation sites is 3. The molecule has 0 radical (unpaired) electrons. The van der Waals surface area contributed by atoms with Crippen molar-refractivity contribution >= 4 is 49.3 Å². The number of aromatic nitrogens is 2. The number of nitrogens with zero attached hydrogens (tertiary/aromatic N) is 5. The molecule has 9 rings (SSSR count). The summed E-state index contributed by atoms with van der Waals surface area (Å²) in [4.78, 5) is 3.87. The summed E-state index contributed by atoms with van der Waals surface area (Å²) in [6.45, 7) is 7.98. The van der Waals surface area contributed by atoms with E-state index in [0.29, 0.717) is 16.8 Å². The van der Waals surface area contributed by atoms with Gasteiger partial charge in [0.15, 0.2) is 0 Å². The van der Waals surface area contributed by atoms with Crippen LogP contribution in [0.5, 0.6) is 0 Å². The summed E-state index contributed by atoms with van der Waals surface area (Å²) in [7, 11) is 0. The van der Waals surface area contributed by atoms with Gasteiger partial charge >= 0.3 is 0 Å². The Morgan fingerprint density at radius 3 is 1.88 bits per heavy atom. The standard InChI is InChI=1S/C45H25N5/c1-48-39-15-8-14-37-38-25-29(27-46)19-24-42(38)50(45(37)39)43-18-7-10-33(28-47)44(43)31-22-20-30(21-23-31)32-9-6-11-34(26-32)49-40-16-4-2-12-35(40)36-13-3-5-17-41(36)49/h2-26H. The van der Waals surface area contributed by atoms with Crippen LogP contribution in [0.2, 0.25) is 0 Å². The summed E-state index contributed by atoms with van der Waals surface area (Å²) in [6, 6.07) is 55.6. The quantitative estimate of drug-likeness (QED) is 0.181. The molecule has 0 saturated carbocycles. The first kappa shape index (κ1) is 28.8. The molecule has 2 aromatic heterocycles. The van der Waals surface area contributed by atoms with Crippen molar-refractivity contribution in [3.63, 3.8) is 0 Å². The summed E-state index contributed by atoms with van der Waals surface area (Å²) in [5, 5.41) is 24.2. The Bertz CT molecular complexity index is 2900. The maximum Gasteiger partial charge on any atom is 0.211 e. The van der Waals surface area contributed by atoms with E-state index in [0.717, 1.165) is 66.5 Å². The van der Waals surface area contributed by atoms with Gasteiger partial charge in [-0.1, -0.05) is 97.1 Å². The van der Waals surface area contributed by atoms with E-state index < -0.39 is 0 Å². The molecule has 9 aromatic rings. The molecule has 0 aliphatic heterocycles. The van der Waals surface area contributed by atoms with Gasteiger partial charge in [-0.15, -0.1) is 0 Å². The number of hydrogen-bond acceptors (Lipinski definition) is 2. The number of rotatable bonds is 4. The van der Waals surface area contributed by atoms with Gasteiger partial charge in [0.1, 0.15) is 0 Å². The molecule has 0 aliphatic rings. The minimum absolute atomic E-state index is 0.504. The van der Waals surface area contributed by atoms with E-state index in [1.54, 1.807) is 6.07 Å². The Hall–Kier alpha value is -7.39. The zero-order valence-corrected chi connectivity index (χ0v) is 26.7. The van der Waals surface area contributed by atoms with Crippen molar-refractivity contribution in [1.82, 2.24) is 9.13 Å². The van der Waals surface area contributed by atoms with Crippen LogP contribution < -0.4 is 0 Å². The van der Waals surface area contributed by atoms with Crippen LogP contribution in [0, 0.1) is 29.2 Å². The number of benzene rings is 7. The van der Waals surface area contributed by atoms with E-state index >= 15 is 0 Å². The van der Waals surface area contributed by atoms with Gasteiger partial charge in [0.05, 0.1) is 57.6 Å². The summed E-state index contributed by atoms with van der Waals surface area (Å²) in [6.07, 6.45) is 0. The van der Waals surface area contributed by atoms with Crippen molar-refractivity contribution in [2.24, 2.45) is 0 Å². The predicted molar refractivity (Wildman–Crippen MR) is 202 cm³/mol. The summed E-state index contributed by atoms with van der Waals surface area (Å²) >= 11 is 0. The molecule has 0 unspecified atom stereocenters. The van der Waals surface area contributed by atoms with Crippen molar-refractivity contribution in [1.29, 1.82) is 10.5 Å². The van der Waals surface area contributed by atoms with Gasteiger partial charge in [-0.2, -0.15) is 10.5 Å². The molecule has 5 heteroatoms. The number of nitriles is 2. The van der Waals surface area contributed by atoms with E-state index in [4.69, 9.17) is 6.57 Å². The molecule has 0 N–H and O–H groups in total. The molecule has 0 saturated heterocycles. The molecule has 230 valence electrons. The third kappa shape index (κ3) is 4.31. The fraction of sp³-hybridized carbons (Fsp3) is 0. The van der Waals surface area contributed by atoms with E-state index in [1.165, 1.54) is 10.8 Å². The molecule has 0 bridgehead atoms. The van der Waals surface area contributed by atoms with Gasteiger partial charge in [0.2, 0.25) is 5.69 Å². The summed E-state index contributed by atoms with van der Waals surface area (Å²) in [5.74, 6) is 0. The highest BCUT2D eigenvalue weighted by molar-refractivity contribution is 6.14. The van der Waals surface area contributed by atoms with Crippen LogP contribution in [-0.2, 0) is 0 Å². The fourth-order valence-corrected chi connectivity index (χ4v) is 7.44. The SMILES string of the molecule is [C-]#[N+]c1cccc2c3cc(C#N)ccc3n(-c3cccc(C#N)c3-c3ccc(-c4cccc(-n5c6ccccc6c6ccccc65)c4)cc3)c12. The van der Waals surface area contributed by atoms with Crippen LogP contribution >= 0.6 is 0 Å². The Labute approximate surface area is 288 Å². The molecule has 0 atom stereocenters. The van der Waals surface area contributed by atoms with Gasteiger partial charge in [0, 0.05) is 27.4 Å². The lowest BCUT2D eigenvalue weighted by atomic mass is 9.95. The molecular weight excluding hydrogens is 611 g/mol. The summed E-state index contributed by atoms with van der Waals surface area (Å²) in [5.41, 5.74) is 11.2. The summed E-state index contributed by atoms with van der Waals surface area (Å²) < 4.78 is 4.39. The lowest BCUT2D eigenvalue weighted by molar-refractivity contribution is 1.18. The minimum atomic E-state index is 0.504. The first-order chi connectivity index (χ1) is 24.7. The largest absolute Gasteiger partial charge is 0.318 e. The smallest absolute Gasteiger partial charge is 0.211 e. The molecule has 0 spiro atoms. The molecule has 50 heavy (non-hydrogen) atoms. The van der Waals surface area contributed by atoms with Crippen molar-refractivity contribution in [3.05, 3.63) is 174 Å². The highest BCUT2D eigenvalue weighted by Gasteiger charge is 2.20. The van der Waals surface area contributed by atoms with Crippen molar-refractivity contribution in [2.75, 3.05) is 0 Å². The second-order valence-electron chi connectivity index (χ2n) is 12.3. The predicted octanol–water partition coefficient (Wildman–Crippen LogP) is 11.5. The maximum absolute atomic E-state index is 10.4. The third-order valence-electron chi connectivity index (χ3n) is 9.61. The topological polar surface area (TPSA) is 61.8 Å². The fourth-order valence-electron chi connectivity index (χ4n) is 7.44. The third-order valence-corrected chi connectivity index (χ3v) is 9.61. The zero-order chi connectivity index (χ0) is 33.8. The van der Waals surface area contributed by atoms with Crippen LogP contribution in [0.15, 0.2) is 152 Å².